The molecule has 1 heterocycles. The number of amides is 1. The smallest absolute Gasteiger partial charge is 0.251 e. The van der Waals surface area contributed by atoms with Gasteiger partial charge in [0.15, 0.2) is 0 Å². The fourth-order valence-electron chi connectivity index (χ4n) is 1.86. The number of halogens is 1. The van der Waals surface area contributed by atoms with Gasteiger partial charge in [-0.05, 0) is 44.1 Å². The lowest BCUT2D eigenvalue weighted by Gasteiger charge is -2.23. The maximum atomic E-state index is 11.9. The topological polar surface area (TPSA) is 41.1 Å². The molecule has 0 saturated carbocycles. The second kappa shape index (κ2) is 5.32. The van der Waals surface area contributed by atoms with Crippen LogP contribution in [0, 0.1) is 0 Å². The fourth-order valence-corrected chi connectivity index (χ4v) is 2.05. The van der Waals surface area contributed by atoms with Crippen LogP contribution >= 0.6 is 11.6 Å². The van der Waals surface area contributed by atoms with Crippen LogP contribution in [0.15, 0.2) is 24.3 Å². The second-order valence-corrected chi connectivity index (χ2v) is 4.44. The molecular weight excluding hydrogens is 224 g/mol. The van der Waals surface area contributed by atoms with Gasteiger partial charge in [0.25, 0.3) is 5.91 Å². The second-order valence-electron chi connectivity index (χ2n) is 4.01. The fraction of sp³-hybridized carbons (Fsp3) is 0.417. The maximum Gasteiger partial charge on any atom is 0.251 e. The van der Waals surface area contributed by atoms with Crippen molar-refractivity contribution >= 4 is 17.5 Å². The number of hydrogen-bond acceptors (Lipinski definition) is 2. The van der Waals surface area contributed by atoms with Crippen LogP contribution in [0.25, 0.3) is 0 Å². The molecule has 2 rings (SSSR count). The molecule has 1 aromatic carbocycles. The average Bonchev–Trinajstić information content (AvgIpc) is 2.30. The van der Waals surface area contributed by atoms with Crippen LogP contribution in [0.4, 0.5) is 0 Å². The van der Waals surface area contributed by atoms with Crippen molar-refractivity contribution in [1.29, 1.82) is 0 Å². The Morgan fingerprint density at radius 3 is 2.81 bits per heavy atom. The van der Waals surface area contributed by atoms with Gasteiger partial charge in [-0.15, -0.1) is 0 Å². The summed E-state index contributed by atoms with van der Waals surface area (Å²) in [6, 6.07) is 7.32. The summed E-state index contributed by atoms with van der Waals surface area (Å²) in [5.41, 5.74) is 0.631. The van der Waals surface area contributed by atoms with Crippen LogP contribution in [-0.4, -0.2) is 25.0 Å². The van der Waals surface area contributed by atoms with Gasteiger partial charge >= 0.3 is 0 Å². The van der Waals surface area contributed by atoms with E-state index in [-0.39, 0.29) is 11.9 Å². The molecular formula is C12H15ClN2O. The minimum Gasteiger partial charge on any atom is -0.349 e. The summed E-state index contributed by atoms with van der Waals surface area (Å²) in [5, 5.41) is 6.88. The van der Waals surface area contributed by atoms with Crippen molar-refractivity contribution in [2.24, 2.45) is 0 Å². The summed E-state index contributed by atoms with van der Waals surface area (Å²) in [6.45, 7) is 1.95. The predicted molar refractivity (Wildman–Crippen MR) is 64.8 cm³/mol. The predicted octanol–water partition coefficient (Wildman–Crippen LogP) is 1.82. The summed E-state index contributed by atoms with van der Waals surface area (Å²) < 4.78 is 0. The lowest BCUT2D eigenvalue weighted by atomic mass is 10.1. The van der Waals surface area contributed by atoms with Gasteiger partial charge in [-0.1, -0.05) is 17.7 Å². The van der Waals surface area contributed by atoms with Crippen molar-refractivity contribution in [2.45, 2.75) is 18.9 Å². The highest BCUT2D eigenvalue weighted by molar-refractivity contribution is 6.30. The number of piperidine rings is 1. The van der Waals surface area contributed by atoms with Crippen LogP contribution < -0.4 is 10.6 Å². The standard InChI is InChI=1S/C12H15ClN2O/c13-10-3-1-2-9(8-10)12(16)15-11-4-6-14-7-5-11/h1-3,8,11,14H,4-7H2,(H,15,16). The van der Waals surface area contributed by atoms with E-state index < -0.39 is 0 Å². The van der Waals surface area contributed by atoms with Crippen molar-refractivity contribution in [2.75, 3.05) is 13.1 Å². The molecule has 4 heteroatoms. The van der Waals surface area contributed by atoms with Gasteiger partial charge in [0, 0.05) is 16.6 Å². The number of benzene rings is 1. The molecule has 16 heavy (non-hydrogen) atoms. The Balaban J connectivity index is 1.97. The summed E-state index contributed by atoms with van der Waals surface area (Å²) >= 11 is 5.84. The van der Waals surface area contributed by atoms with Gasteiger partial charge < -0.3 is 10.6 Å². The first-order valence-corrected chi connectivity index (χ1v) is 5.90. The van der Waals surface area contributed by atoms with Crippen LogP contribution in [0.2, 0.25) is 5.02 Å². The first-order chi connectivity index (χ1) is 7.75. The zero-order chi connectivity index (χ0) is 11.4. The number of carbonyl (C=O) groups excluding carboxylic acids is 1. The zero-order valence-corrected chi connectivity index (χ0v) is 9.76. The summed E-state index contributed by atoms with van der Waals surface area (Å²) in [7, 11) is 0. The molecule has 0 bridgehead atoms. The molecule has 0 atom stereocenters. The van der Waals surface area contributed by atoms with Gasteiger partial charge in [0.2, 0.25) is 0 Å². The molecule has 0 aromatic heterocycles. The molecule has 1 amide bonds. The SMILES string of the molecule is O=C(NC1CCNCC1)c1cccc(Cl)c1. The van der Waals surface area contributed by atoms with Crippen LogP contribution in [-0.2, 0) is 0 Å². The Bertz CT molecular complexity index is 375. The minimum absolute atomic E-state index is 0.0330. The molecule has 2 N–H and O–H groups in total. The molecule has 0 unspecified atom stereocenters. The third kappa shape index (κ3) is 2.97. The van der Waals surface area contributed by atoms with E-state index in [1.54, 1.807) is 24.3 Å². The summed E-state index contributed by atoms with van der Waals surface area (Å²) in [5.74, 6) is -0.0330. The molecule has 1 saturated heterocycles. The van der Waals surface area contributed by atoms with E-state index in [0.29, 0.717) is 10.6 Å². The number of nitrogens with one attached hydrogen (secondary N) is 2. The highest BCUT2D eigenvalue weighted by Crippen LogP contribution is 2.11. The van der Waals surface area contributed by atoms with E-state index in [2.05, 4.69) is 10.6 Å². The third-order valence-corrected chi connectivity index (χ3v) is 3.00. The van der Waals surface area contributed by atoms with Crippen molar-refractivity contribution < 1.29 is 4.79 Å². The molecule has 1 fully saturated rings. The molecule has 0 aliphatic carbocycles. The van der Waals surface area contributed by atoms with Crippen molar-refractivity contribution in [3.05, 3.63) is 34.9 Å². The largest absolute Gasteiger partial charge is 0.349 e. The van der Waals surface area contributed by atoms with E-state index in [9.17, 15) is 4.79 Å². The third-order valence-electron chi connectivity index (χ3n) is 2.76. The quantitative estimate of drug-likeness (QED) is 0.825. The molecule has 86 valence electrons. The van der Waals surface area contributed by atoms with E-state index in [4.69, 9.17) is 11.6 Å². The van der Waals surface area contributed by atoms with Crippen molar-refractivity contribution in [1.82, 2.24) is 10.6 Å². The Morgan fingerprint density at radius 1 is 1.38 bits per heavy atom. The normalized spacial score (nSPS) is 17.1. The average molecular weight is 239 g/mol. The molecule has 1 aromatic rings. The number of rotatable bonds is 2. The zero-order valence-electron chi connectivity index (χ0n) is 9.00. The van der Waals surface area contributed by atoms with Gasteiger partial charge in [-0.3, -0.25) is 4.79 Å². The van der Waals surface area contributed by atoms with Gasteiger partial charge in [0.05, 0.1) is 0 Å². The molecule has 0 radical (unpaired) electrons. The number of hydrogen-bond donors (Lipinski definition) is 2. The Labute approximate surface area is 100 Å². The highest BCUT2D eigenvalue weighted by atomic mass is 35.5. The van der Waals surface area contributed by atoms with Crippen LogP contribution in [0.5, 0.6) is 0 Å². The molecule has 0 spiro atoms. The first-order valence-electron chi connectivity index (χ1n) is 5.53. The monoisotopic (exact) mass is 238 g/mol. The van der Waals surface area contributed by atoms with E-state index in [1.807, 2.05) is 0 Å². The minimum atomic E-state index is -0.0330. The van der Waals surface area contributed by atoms with E-state index in [1.165, 1.54) is 0 Å². The highest BCUT2D eigenvalue weighted by Gasteiger charge is 2.16. The van der Waals surface area contributed by atoms with Gasteiger partial charge in [-0.2, -0.15) is 0 Å². The van der Waals surface area contributed by atoms with E-state index >= 15 is 0 Å². The Morgan fingerprint density at radius 2 is 2.12 bits per heavy atom. The van der Waals surface area contributed by atoms with Crippen molar-refractivity contribution in [3.63, 3.8) is 0 Å². The summed E-state index contributed by atoms with van der Waals surface area (Å²) in [4.78, 5) is 11.9. The maximum absolute atomic E-state index is 11.9. The van der Waals surface area contributed by atoms with Crippen molar-refractivity contribution in [3.8, 4) is 0 Å². The molecule has 1 aliphatic rings. The van der Waals surface area contributed by atoms with Crippen LogP contribution in [0.1, 0.15) is 23.2 Å². The molecule has 1 aliphatic heterocycles. The Kier molecular flexibility index (Phi) is 3.80. The van der Waals surface area contributed by atoms with Crippen LogP contribution in [0.3, 0.4) is 0 Å². The number of carbonyl (C=O) groups is 1. The van der Waals surface area contributed by atoms with E-state index in [0.717, 1.165) is 25.9 Å². The lowest BCUT2D eigenvalue weighted by Crippen LogP contribution is -2.42. The lowest BCUT2D eigenvalue weighted by molar-refractivity contribution is 0.0929. The van der Waals surface area contributed by atoms with Gasteiger partial charge in [-0.25, -0.2) is 0 Å². The molecule has 3 nitrogen and oxygen atoms in total. The van der Waals surface area contributed by atoms with Gasteiger partial charge in [0.1, 0.15) is 0 Å². The first kappa shape index (κ1) is 11.4. The summed E-state index contributed by atoms with van der Waals surface area (Å²) in [6.07, 6.45) is 1.98. The Hall–Kier alpha value is -1.06.